The standard InChI is InChI=1S/C25H42O/c1-17(2)6-5-7-18-9-11-22-21-10-8-19-16-20(26)12-14-25(19,4)23(21)13-15-24(18,22)3/h8,17-18,20-23,26H,5-7,9-16H2,1-4H3/t18-,20-,21-,22-,23-,24+,25-/m0/s1. The minimum atomic E-state index is -0.0726. The SMILES string of the molecule is CC(C)CCC[C@H]1CC[C@H]2[C@@H]3CC=C4C[C@@H](O)CC[C@]4(C)[C@H]3CC[C@]12C. The fraction of sp³-hybridized carbons (Fsp3) is 0.920. The van der Waals surface area contributed by atoms with E-state index in [0.717, 1.165) is 42.4 Å². The van der Waals surface area contributed by atoms with Crippen LogP contribution in [0.1, 0.15) is 98.3 Å². The molecule has 0 unspecified atom stereocenters. The van der Waals surface area contributed by atoms with Gasteiger partial charge >= 0.3 is 0 Å². The lowest BCUT2D eigenvalue weighted by Gasteiger charge is -2.58. The highest BCUT2D eigenvalue weighted by atomic mass is 16.3. The van der Waals surface area contributed by atoms with E-state index in [4.69, 9.17) is 0 Å². The molecule has 26 heavy (non-hydrogen) atoms. The van der Waals surface area contributed by atoms with Crippen LogP contribution in [0.2, 0.25) is 0 Å². The summed E-state index contributed by atoms with van der Waals surface area (Å²) in [5.41, 5.74) is 2.64. The second kappa shape index (κ2) is 6.94. The van der Waals surface area contributed by atoms with Gasteiger partial charge in [-0.2, -0.15) is 0 Å². The van der Waals surface area contributed by atoms with E-state index in [-0.39, 0.29) is 6.10 Å². The highest BCUT2D eigenvalue weighted by Gasteiger charge is 2.58. The molecule has 7 atom stereocenters. The zero-order chi connectivity index (χ0) is 18.5. The van der Waals surface area contributed by atoms with Crippen LogP contribution >= 0.6 is 0 Å². The van der Waals surface area contributed by atoms with E-state index >= 15 is 0 Å². The summed E-state index contributed by atoms with van der Waals surface area (Å²) >= 11 is 0. The Morgan fingerprint density at radius 2 is 1.88 bits per heavy atom. The van der Waals surface area contributed by atoms with Crippen LogP contribution in [0, 0.1) is 40.4 Å². The Bertz CT molecular complexity index is 548. The third-order valence-electron chi connectivity index (χ3n) is 9.61. The van der Waals surface area contributed by atoms with Crippen LogP contribution in [0.4, 0.5) is 0 Å². The Morgan fingerprint density at radius 3 is 2.65 bits per heavy atom. The van der Waals surface area contributed by atoms with Crippen LogP contribution in [-0.4, -0.2) is 11.2 Å². The van der Waals surface area contributed by atoms with Gasteiger partial charge in [-0.25, -0.2) is 0 Å². The van der Waals surface area contributed by atoms with Gasteiger partial charge in [0.1, 0.15) is 0 Å². The summed E-state index contributed by atoms with van der Waals surface area (Å²) < 4.78 is 0. The van der Waals surface area contributed by atoms with Crippen molar-refractivity contribution in [3.63, 3.8) is 0 Å². The first-order chi connectivity index (χ1) is 12.3. The minimum absolute atomic E-state index is 0.0726. The van der Waals surface area contributed by atoms with Gasteiger partial charge < -0.3 is 5.11 Å². The second-order valence-corrected chi connectivity index (χ2v) is 11.3. The summed E-state index contributed by atoms with van der Waals surface area (Å²) in [5, 5.41) is 10.2. The predicted octanol–water partition coefficient (Wildman–Crippen LogP) is 6.75. The average Bonchev–Trinajstić information content (AvgIpc) is 2.92. The van der Waals surface area contributed by atoms with Crippen molar-refractivity contribution in [2.24, 2.45) is 40.4 Å². The van der Waals surface area contributed by atoms with Gasteiger partial charge in [-0.1, -0.05) is 52.2 Å². The van der Waals surface area contributed by atoms with Gasteiger partial charge in [-0.15, -0.1) is 0 Å². The van der Waals surface area contributed by atoms with Crippen molar-refractivity contribution in [1.82, 2.24) is 0 Å². The van der Waals surface area contributed by atoms with Gasteiger partial charge in [0.25, 0.3) is 0 Å². The molecular weight excluding hydrogens is 316 g/mol. The van der Waals surface area contributed by atoms with Crippen LogP contribution in [0.3, 0.4) is 0 Å². The quantitative estimate of drug-likeness (QED) is 0.551. The fourth-order valence-electron chi connectivity index (χ4n) is 8.00. The molecule has 3 saturated carbocycles. The van der Waals surface area contributed by atoms with Crippen molar-refractivity contribution in [2.75, 3.05) is 0 Å². The summed E-state index contributed by atoms with van der Waals surface area (Å²) in [7, 11) is 0. The molecule has 0 saturated heterocycles. The second-order valence-electron chi connectivity index (χ2n) is 11.3. The molecule has 4 aliphatic rings. The minimum Gasteiger partial charge on any atom is -0.393 e. The first kappa shape index (κ1) is 19.0. The summed E-state index contributed by atoms with van der Waals surface area (Å²) in [6.45, 7) is 9.97. The van der Waals surface area contributed by atoms with Crippen molar-refractivity contribution in [3.05, 3.63) is 11.6 Å². The van der Waals surface area contributed by atoms with Crippen LogP contribution in [0.5, 0.6) is 0 Å². The molecule has 1 heteroatoms. The average molecular weight is 359 g/mol. The van der Waals surface area contributed by atoms with Gasteiger partial charge in [0.05, 0.1) is 6.10 Å². The maximum absolute atomic E-state index is 10.2. The summed E-state index contributed by atoms with van der Waals surface area (Å²) in [6, 6.07) is 0. The molecule has 0 heterocycles. The molecule has 0 aromatic carbocycles. The molecule has 0 aromatic rings. The summed E-state index contributed by atoms with van der Waals surface area (Å²) in [5.74, 6) is 4.62. The highest BCUT2D eigenvalue weighted by molar-refractivity contribution is 5.25. The molecule has 1 N–H and O–H groups in total. The molecule has 0 aliphatic heterocycles. The van der Waals surface area contributed by atoms with E-state index in [2.05, 4.69) is 33.8 Å². The zero-order valence-corrected chi connectivity index (χ0v) is 17.8. The molecule has 0 bridgehead atoms. The van der Waals surface area contributed by atoms with E-state index in [9.17, 15) is 5.11 Å². The van der Waals surface area contributed by atoms with Crippen LogP contribution in [-0.2, 0) is 0 Å². The summed E-state index contributed by atoms with van der Waals surface area (Å²) in [4.78, 5) is 0. The summed E-state index contributed by atoms with van der Waals surface area (Å²) in [6.07, 6.45) is 17.3. The largest absolute Gasteiger partial charge is 0.393 e. The van der Waals surface area contributed by atoms with Gasteiger partial charge in [0.15, 0.2) is 0 Å². The zero-order valence-electron chi connectivity index (χ0n) is 17.8. The molecule has 4 aliphatic carbocycles. The first-order valence-corrected chi connectivity index (χ1v) is 11.7. The van der Waals surface area contributed by atoms with Crippen molar-refractivity contribution in [1.29, 1.82) is 0 Å². The Hall–Kier alpha value is -0.300. The lowest BCUT2D eigenvalue weighted by Crippen LogP contribution is -2.50. The van der Waals surface area contributed by atoms with E-state index in [1.54, 1.807) is 5.57 Å². The highest BCUT2D eigenvalue weighted by Crippen LogP contribution is 2.66. The Morgan fingerprint density at radius 1 is 1.08 bits per heavy atom. The van der Waals surface area contributed by atoms with E-state index in [0.29, 0.717) is 10.8 Å². The van der Waals surface area contributed by atoms with Gasteiger partial charge in [-0.05, 0) is 98.2 Å². The molecule has 148 valence electrons. The van der Waals surface area contributed by atoms with Crippen molar-refractivity contribution in [3.8, 4) is 0 Å². The number of hydrogen-bond donors (Lipinski definition) is 1. The van der Waals surface area contributed by atoms with Crippen molar-refractivity contribution < 1.29 is 5.11 Å². The topological polar surface area (TPSA) is 20.2 Å². The van der Waals surface area contributed by atoms with Gasteiger partial charge in [0, 0.05) is 0 Å². The molecule has 1 nitrogen and oxygen atoms in total. The van der Waals surface area contributed by atoms with Crippen LogP contribution in [0.15, 0.2) is 11.6 Å². The normalized spacial score (nSPS) is 47.9. The number of aliphatic hydroxyl groups is 1. The van der Waals surface area contributed by atoms with E-state index in [1.807, 2.05) is 0 Å². The molecule has 0 aromatic heterocycles. The third kappa shape index (κ3) is 3.01. The van der Waals surface area contributed by atoms with Crippen molar-refractivity contribution >= 4 is 0 Å². The number of aliphatic hydroxyl groups excluding tert-OH is 1. The smallest absolute Gasteiger partial charge is 0.0577 e. The lowest BCUT2D eigenvalue weighted by atomic mass is 9.47. The molecule has 3 fully saturated rings. The molecular formula is C25H42O. The van der Waals surface area contributed by atoms with E-state index in [1.165, 1.54) is 57.8 Å². The Labute approximate surface area is 162 Å². The third-order valence-corrected chi connectivity index (χ3v) is 9.61. The molecule has 0 amide bonds. The number of hydrogen-bond acceptors (Lipinski definition) is 1. The maximum Gasteiger partial charge on any atom is 0.0577 e. The number of allylic oxidation sites excluding steroid dienone is 1. The Balaban J connectivity index is 1.51. The molecule has 0 radical (unpaired) electrons. The number of fused-ring (bicyclic) bond motifs is 5. The Kier molecular flexibility index (Phi) is 5.08. The monoisotopic (exact) mass is 358 g/mol. The lowest BCUT2D eigenvalue weighted by molar-refractivity contribution is -0.0509. The number of rotatable bonds is 4. The predicted molar refractivity (Wildman–Crippen MR) is 110 cm³/mol. The van der Waals surface area contributed by atoms with Gasteiger partial charge in [0.2, 0.25) is 0 Å². The fourth-order valence-corrected chi connectivity index (χ4v) is 8.00. The molecule has 0 spiro atoms. The first-order valence-electron chi connectivity index (χ1n) is 11.7. The van der Waals surface area contributed by atoms with E-state index < -0.39 is 0 Å². The van der Waals surface area contributed by atoms with Gasteiger partial charge in [-0.3, -0.25) is 0 Å². The van der Waals surface area contributed by atoms with Crippen LogP contribution < -0.4 is 0 Å². The van der Waals surface area contributed by atoms with Crippen molar-refractivity contribution in [2.45, 2.75) is 104 Å². The molecule has 4 rings (SSSR count). The van der Waals surface area contributed by atoms with Crippen LogP contribution in [0.25, 0.3) is 0 Å². The maximum atomic E-state index is 10.2.